The van der Waals surface area contributed by atoms with E-state index in [9.17, 15) is 5.11 Å². The van der Waals surface area contributed by atoms with E-state index in [-0.39, 0.29) is 10.8 Å². The van der Waals surface area contributed by atoms with E-state index in [1.807, 2.05) is 60.3 Å². The Hall–Kier alpha value is -5.22. The number of benzene rings is 5. The molecule has 2 aliphatic rings. The third-order valence-electron chi connectivity index (χ3n) is 10.4. The average Bonchev–Trinajstić information content (AvgIpc) is 3.63. The van der Waals surface area contributed by atoms with Crippen LogP contribution in [0.3, 0.4) is 0 Å². The monoisotopic (exact) mass is 585 g/mol. The minimum Gasteiger partial charge on any atom is -0.502 e. The number of aromatic nitrogens is 2. The number of aryl methyl sites for hydroxylation is 1. The fraction of sp³-hybridized carbons (Fsp3) is 0.171. The zero-order valence-corrected chi connectivity index (χ0v) is 26.1. The Bertz CT molecular complexity index is 2380. The second-order valence-corrected chi connectivity index (χ2v) is 13.7. The summed E-state index contributed by atoms with van der Waals surface area (Å²) in [6, 6.07) is 34.3. The van der Waals surface area contributed by atoms with Gasteiger partial charge in [-0.15, -0.1) is 0 Å². The number of hydrogen-bond donors (Lipinski definition) is 1. The van der Waals surface area contributed by atoms with E-state index in [1.165, 1.54) is 44.5 Å². The molecule has 1 N–H and O–H groups in total. The summed E-state index contributed by atoms with van der Waals surface area (Å²) < 4.78 is 8.12. The lowest BCUT2D eigenvalue weighted by atomic mass is 9.79. The summed E-state index contributed by atoms with van der Waals surface area (Å²) in [6.07, 6.45) is 1.98. The summed E-state index contributed by atoms with van der Waals surface area (Å²) in [5.41, 5.74) is 15.5. The van der Waals surface area contributed by atoms with Crippen LogP contribution in [0.4, 0.5) is 0 Å². The standard InChI is InChI=1S/C41H32N2O2/c1-40(2)31-19-24(26-15-12-23-9-8-18-43(5)37(23)38(26)44)13-16-27(31)29-21-34-30(22-33(29)40)28-17-14-25(20-32(28)41(34,3)4)39-42-35-10-6-7-11-36(35)45-39/h6-22H,1-5H3/p+1. The van der Waals surface area contributed by atoms with E-state index in [4.69, 9.17) is 9.40 Å². The highest BCUT2D eigenvalue weighted by molar-refractivity contribution is 5.94. The van der Waals surface area contributed by atoms with Gasteiger partial charge < -0.3 is 9.52 Å². The first-order chi connectivity index (χ1) is 21.6. The second-order valence-electron chi connectivity index (χ2n) is 13.7. The Labute approximate surface area is 262 Å². The lowest BCUT2D eigenvalue weighted by molar-refractivity contribution is -0.645. The summed E-state index contributed by atoms with van der Waals surface area (Å²) >= 11 is 0. The molecule has 5 aromatic carbocycles. The van der Waals surface area contributed by atoms with Gasteiger partial charge in [0.15, 0.2) is 17.5 Å². The van der Waals surface area contributed by atoms with Gasteiger partial charge in [0.05, 0.1) is 5.39 Å². The van der Waals surface area contributed by atoms with Crippen LogP contribution < -0.4 is 4.57 Å². The van der Waals surface area contributed by atoms with Crippen LogP contribution in [0.25, 0.3) is 66.8 Å². The lowest BCUT2D eigenvalue weighted by Crippen LogP contribution is -2.27. The van der Waals surface area contributed by atoms with Crippen molar-refractivity contribution >= 4 is 22.0 Å². The Kier molecular flexibility index (Phi) is 5.06. The largest absolute Gasteiger partial charge is 0.502 e. The van der Waals surface area contributed by atoms with E-state index in [0.29, 0.717) is 11.6 Å². The molecule has 2 heterocycles. The number of rotatable bonds is 2. The van der Waals surface area contributed by atoms with Crippen LogP contribution in [0.1, 0.15) is 49.9 Å². The van der Waals surface area contributed by atoms with Crippen molar-refractivity contribution in [2.75, 3.05) is 0 Å². The fourth-order valence-electron chi connectivity index (χ4n) is 7.94. The minimum atomic E-state index is -0.197. The van der Waals surface area contributed by atoms with E-state index >= 15 is 0 Å². The topological polar surface area (TPSA) is 50.1 Å². The first-order valence-corrected chi connectivity index (χ1v) is 15.6. The van der Waals surface area contributed by atoms with Gasteiger partial charge in [-0.25, -0.2) is 4.98 Å². The molecule has 0 atom stereocenters. The zero-order valence-electron chi connectivity index (χ0n) is 26.1. The van der Waals surface area contributed by atoms with E-state index in [0.717, 1.165) is 38.7 Å². The van der Waals surface area contributed by atoms with Gasteiger partial charge in [0.25, 0.3) is 5.52 Å². The first-order valence-electron chi connectivity index (χ1n) is 15.6. The Morgan fingerprint density at radius 1 is 0.622 bits per heavy atom. The van der Waals surface area contributed by atoms with Crippen LogP contribution in [0, 0.1) is 0 Å². The predicted octanol–water partition coefficient (Wildman–Crippen LogP) is 9.46. The zero-order chi connectivity index (χ0) is 30.8. The predicted molar refractivity (Wildman–Crippen MR) is 180 cm³/mol. The number of phenols is 1. The summed E-state index contributed by atoms with van der Waals surface area (Å²) in [6.45, 7) is 9.30. The van der Waals surface area contributed by atoms with Gasteiger partial charge in [-0.1, -0.05) is 58.0 Å². The molecule has 0 saturated carbocycles. The number of nitrogens with zero attached hydrogens (tertiary/aromatic N) is 2. The molecular weight excluding hydrogens is 552 g/mol. The molecule has 0 saturated heterocycles. The van der Waals surface area contributed by atoms with Crippen molar-refractivity contribution in [3.63, 3.8) is 0 Å². The molecule has 4 heteroatoms. The molecule has 0 radical (unpaired) electrons. The van der Waals surface area contributed by atoms with Gasteiger partial charge in [0.2, 0.25) is 5.89 Å². The number of aromatic hydroxyl groups is 1. The van der Waals surface area contributed by atoms with Crippen molar-refractivity contribution < 1.29 is 14.1 Å². The smallest absolute Gasteiger partial charge is 0.255 e. The van der Waals surface area contributed by atoms with Gasteiger partial charge in [-0.05, 0) is 111 Å². The summed E-state index contributed by atoms with van der Waals surface area (Å²) in [4.78, 5) is 4.77. The number of pyridine rings is 1. The van der Waals surface area contributed by atoms with Crippen LogP contribution in [-0.2, 0) is 17.9 Å². The number of para-hydroxylation sites is 2. The second kappa shape index (κ2) is 8.70. The molecule has 2 aliphatic carbocycles. The average molecular weight is 586 g/mol. The van der Waals surface area contributed by atoms with Crippen LogP contribution in [0.2, 0.25) is 0 Å². The van der Waals surface area contributed by atoms with Gasteiger partial charge in [0.1, 0.15) is 12.6 Å². The van der Waals surface area contributed by atoms with E-state index in [2.05, 4.69) is 82.3 Å². The first kappa shape index (κ1) is 26.2. The molecule has 2 aromatic heterocycles. The van der Waals surface area contributed by atoms with Crippen molar-refractivity contribution in [3.05, 3.63) is 126 Å². The molecule has 0 bridgehead atoms. The van der Waals surface area contributed by atoms with Gasteiger partial charge in [-0.3, -0.25) is 0 Å². The highest BCUT2D eigenvalue weighted by Crippen LogP contribution is 2.57. The molecule has 0 unspecified atom stereocenters. The SMILES string of the molecule is C[n+]1cccc2ccc(-c3ccc4c(c3)C(C)(C)c3cc5c(cc3-4)C(C)(C)c3cc(-c4nc6ccccc6o4)ccc3-5)c(O)c21. The van der Waals surface area contributed by atoms with Crippen molar-refractivity contribution in [1.82, 2.24) is 4.98 Å². The summed E-state index contributed by atoms with van der Waals surface area (Å²) in [5, 5.41) is 12.4. The van der Waals surface area contributed by atoms with E-state index in [1.54, 1.807) is 0 Å². The Morgan fingerprint density at radius 3 is 1.91 bits per heavy atom. The fourth-order valence-corrected chi connectivity index (χ4v) is 7.94. The molecule has 4 nitrogen and oxygen atoms in total. The van der Waals surface area contributed by atoms with E-state index < -0.39 is 0 Å². The highest BCUT2D eigenvalue weighted by Gasteiger charge is 2.42. The minimum absolute atomic E-state index is 0.180. The number of fused-ring (bicyclic) bond motifs is 8. The Morgan fingerprint density at radius 2 is 1.22 bits per heavy atom. The van der Waals surface area contributed by atoms with Crippen molar-refractivity contribution in [2.24, 2.45) is 7.05 Å². The Balaban J connectivity index is 1.16. The third kappa shape index (κ3) is 3.48. The van der Waals surface area contributed by atoms with Crippen LogP contribution in [0.15, 0.2) is 108 Å². The maximum atomic E-state index is 11.4. The van der Waals surface area contributed by atoms with Crippen LogP contribution in [0.5, 0.6) is 5.75 Å². The maximum Gasteiger partial charge on any atom is 0.255 e. The molecule has 45 heavy (non-hydrogen) atoms. The van der Waals surface area contributed by atoms with Crippen LogP contribution in [-0.4, -0.2) is 10.1 Å². The number of phenolic OH excluding ortho intramolecular Hbond substituents is 1. The van der Waals surface area contributed by atoms with Gasteiger partial charge >= 0.3 is 0 Å². The van der Waals surface area contributed by atoms with Gasteiger partial charge in [0, 0.05) is 28.0 Å². The summed E-state index contributed by atoms with van der Waals surface area (Å²) in [5.74, 6) is 0.976. The van der Waals surface area contributed by atoms with Gasteiger partial charge in [-0.2, -0.15) is 4.57 Å². The van der Waals surface area contributed by atoms with Crippen molar-refractivity contribution in [1.29, 1.82) is 0 Å². The molecule has 0 fully saturated rings. The molecule has 0 amide bonds. The quantitative estimate of drug-likeness (QED) is 0.206. The molecule has 0 aliphatic heterocycles. The number of hydrogen-bond acceptors (Lipinski definition) is 3. The van der Waals surface area contributed by atoms with Crippen molar-refractivity contribution in [2.45, 2.75) is 38.5 Å². The normalized spacial score (nSPS) is 15.2. The van der Waals surface area contributed by atoms with Crippen molar-refractivity contribution in [3.8, 4) is 50.6 Å². The highest BCUT2D eigenvalue weighted by atomic mass is 16.3. The molecular formula is C41H33N2O2+. The molecule has 0 spiro atoms. The number of oxazole rings is 1. The van der Waals surface area contributed by atoms with Crippen LogP contribution >= 0.6 is 0 Å². The molecule has 9 rings (SSSR count). The third-order valence-corrected chi connectivity index (χ3v) is 10.4. The summed E-state index contributed by atoms with van der Waals surface area (Å²) in [7, 11) is 1.98. The molecule has 218 valence electrons. The lowest BCUT2D eigenvalue weighted by Gasteiger charge is -2.24. The maximum absolute atomic E-state index is 11.4. The molecule has 7 aromatic rings.